The first-order chi connectivity index (χ1) is 15.1. The molecule has 7 heteroatoms. The number of benzene rings is 2. The lowest BCUT2D eigenvalue weighted by Crippen LogP contribution is -2.40. The molecule has 4 N–H and O–H groups in total. The first kappa shape index (κ1) is 20.7. The second kappa shape index (κ2) is 9.47. The molecule has 1 aliphatic rings. The Hall–Kier alpha value is -3.61. The van der Waals surface area contributed by atoms with Gasteiger partial charge in [-0.25, -0.2) is 4.79 Å². The van der Waals surface area contributed by atoms with Crippen LogP contribution in [0.2, 0.25) is 0 Å². The lowest BCUT2D eigenvalue weighted by Gasteiger charge is -2.29. The molecule has 160 valence electrons. The molecule has 0 atom stereocenters. The van der Waals surface area contributed by atoms with Crippen molar-refractivity contribution in [1.29, 1.82) is 0 Å². The van der Waals surface area contributed by atoms with Crippen molar-refractivity contribution >= 4 is 11.6 Å². The van der Waals surface area contributed by atoms with Crippen molar-refractivity contribution in [3.63, 3.8) is 0 Å². The highest BCUT2D eigenvalue weighted by molar-refractivity contribution is 5.97. The van der Waals surface area contributed by atoms with Crippen LogP contribution in [-0.2, 0) is 6.54 Å². The first-order valence-electron chi connectivity index (χ1n) is 10.6. The van der Waals surface area contributed by atoms with Crippen LogP contribution < -0.4 is 21.9 Å². The van der Waals surface area contributed by atoms with Gasteiger partial charge in [-0.1, -0.05) is 60.7 Å². The van der Waals surface area contributed by atoms with Crippen molar-refractivity contribution in [2.75, 3.05) is 5.32 Å². The van der Waals surface area contributed by atoms with Crippen molar-refractivity contribution in [1.82, 2.24) is 15.3 Å². The van der Waals surface area contributed by atoms with Gasteiger partial charge in [0.2, 0.25) is 0 Å². The maximum Gasteiger partial charge on any atom is 0.326 e. The van der Waals surface area contributed by atoms with Gasteiger partial charge in [0.25, 0.3) is 11.5 Å². The molecule has 0 bridgehead atoms. The van der Waals surface area contributed by atoms with Gasteiger partial charge >= 0.3 is 5.69 Å². The average molecular weight is 418 g/mol. The lowest BCUT2D eigenvalue weighted by molar-refractivity contribution is 0.0921. The van der Waals surface area contributed by atoms with Gasteiger partial charge in [-0.15, -0.1) is 0 Å². The van der Waals surface area contributed by atoms with Crippen molar-refractivity contribution in [3.8, 4) is 0 Å². The number of anilines is 1. The van der Waals surface area contributed by atoms with E-state index in [1.54, 1.807) is 0 Å². The van der Waals surface area contributed by atoms with Crippen LogP contribution in [0.1, 0.15) is 53.2 Å². The Labute approximate surface area is 179 Å². The highest BCUT2D eigenvalue weighted by atomic mass is 16.2. The third-order valence-corrected chi connectivity index (χ3v) is 5.82. The zero-order valence-electron chi connectivity index (χ0n) is 17.2. The van der Waals surface area contributed by atoms with Crippen molar-refractivity contribution in [2.24, 2.45) is 0 Å². The Balaban J connectivity index is 1.43. The maximum absolute atomic E-state index is 12.9. The molecular formula is C24H26N4O3. The highest BCUT2D eigenvalue weighted by Crippen LogP contribution is 2.32. The Morgan fingerprint density at radius 3 is 2.19 bits per heavy atom. The molecule has 7 nitrogen and oxygen atoms in total. The summed E-state index contributed by atoms with van der Waals surface area (Å²) in [6, 6.07) is 20.0. The van der Waals surface area contributed by atoms with E-state index in [-0.39, 0.29) is 17.4 Å². The van der Waals surface area contributed by atoms with Gasteiger partial charge in [0.05, 0.1) is 0 Å². The number of hydrogen-bond donors (Lipinski definition) is 4. The van der Waals surface area contributed by atoms with Crippen molar-refractivity contribution in [2.45, 2.75) is 44.2 Å². The molecule has 1 aromatic heterocycles. The van der Waals surface area contributed by atoms with Gasteiger partial charge in [0, 0.05) is 12.6 Å². The molecule has 1 aliphatic carbocycles. The van der Waals surface area contributed by atoms with Crippen molar-refractivity contribution in [3.05, 3.63) is 98.3 Å². The van der Waals surface area contributed by atoms with Gasteiger partial charge in [0.1, 0.15) is 11.4 Å². The molecular weight excluding hydrogens is 392 g/mol. The fraction of sp³-hybridized carbons (Fsp3) is 0.292. The molecule has 3 aromatic rings. The standard InChI is InChI=1S/C24H26N4O3/c29-22-20(25-15-16-7-3-1-4-8-16)21(27-24(31)28-22)23(30)26-19-13-11-18(12-14-19)17-9-5-2-6-10-17/h1-10,18-19,25H,11-15H2,(H,26,30)(H2,27,28,29,31)/t18-,19+. The third kappa shape index (κ3) is 5.12. The Morgan fingerprint density at radius 1 is 0.871 bits per heavy atom. The predicted molar refractivity (Wildman–Crippen MR) is 120 cm³/mol. The molecule has 4 rings (SSSR count). The Kier molecular flexibility index (Phi) is 6.31. The fourth-order valence-corrected chi connectivity index (χ4v) is 4.17. The first-order valence-corrected chi connectivity index (χ1v) is 10.6. The summed E-state index contributed by atoms with van der Waals surface area (Å²) in [6.45, 7) is 0.360. The van der Waals surface area contributed by atoms with Crippen LogP contribution in [0.15, 0.2) is 70.3 Å². The van der Waals surface area contributed by atoms with Gasteiger partial charge in [-0.05, 0) is 42.7 Å². The molecule has 1 heterocycles. The van der Waals surface area contributed by atoms with E-state index in [4.69, 9.17) is 0 Å². The fourth-order valence-electron chi connectivity index (χ4n) is 4.17. The number of aromatic amines is 2. The number of carbonyl (C=O) groups excluding carboxylic acids is 1. The van der Waals surface area contributed by atoms with E-state index < -0.39 is 17.2 Å². The number of nitrogens with one attached hydrogen (secondary N) is 4. The number of carbonyl (C=O) groups is 1. The third-order valence-electron chi connectivity index (χ3n) is 5.82. The molecule has 1 fully saturated rings. The van der Waals surface area contributed by atoms with Crippen LogP contribution in [0.25, 0.3) is 0 Å². The van der Waals surface area contributed by atoms with Gasteiger partial charge < -0.3 is 15.6 Å². The summed E-state index contributed by atoms with van der Waals surface area (Å²) in [7, 11) is 0. The average Bonchev–Trinajstić information content (AvgIpc) is 2.80. The minimum atomic E-state index is -0.701. The van der Waals surface area contributed by atoms with E-state index in [2.05, 4.69) is 44.9 Å². The maximum atomic E-state index is 12.9. The predicted octanol–water partition coefficient (Wildman–Crippen LogP) is 3.13. The number of amides is 1. The normalized spacial score (nSPS) is 18.3. The SMILES string of the molecule is O=C(N[C@H]1CC[C@@H](c2ccccc2)CC1)c1[nH]c(=O)[nH]c(=O)c1NCc1ccccc1. The highest BCUT2D eigenvalue weighted by Gasteiger charge is 2.25. The molecule has 31 heavy (non-hydrogen) atoms. The van der Waals surface area contributed by atoms with E-state index in [1.165, 1.54) is 5.56 Å². The smallest absolute Gasteiger partial charge is 0.326 e. The van der Waals surface area contributed by atoms with E-state index in [0.29, 0.717) is 12.5 Å². The van der Waals surface area contributed by atoms with Crippen LogP contribution in [0.5, 0.6) is 0 Å². The summed E-state index contributed by atoms with van der Waals surface area (Å²) < 4.78 is 0. The topological polar surface area (TPSA) is 107 Å². The second-order valence-corrected chi connectivity index (χ2v) is 7.93. The van der Waals surface area contributed by atoms with Crippen LogP contribution in [0.3, 0.4) is 0 Å². The van der Waals surface area contributed by atoms with Gasteiger partial charge in [-0.3, -0.25) is 14.6 Å². The number of aromatic nitrogens is 2. The Bertz CT molecular complexity index is 1130. The number of rotatable bonds is 6. The lowest BCUT2D eigenvalue weighted by atomic mass is 9.82. The van der Waals surface area contributed by atoms with Crippen LogP contribution >= 0.6 is 0 Å². The summed E-state index contributed by atoms with van der Waals surface area (Å²) in [5.74, 6) is 0.0544. The summed E-state index contributed by atoms with van der Waals surface area (Å²) in [5.41, 5.74) is 1.01. The van der Waals surface area contributed by atoms with Crippen LogP contribution in [-0.4, -0.2) is 21.9 Å². The minimum Gasteiger partial charge on any atom is -0.375 e. The van der Waals surface area contributed by atoms with E-state index in [9.17, 15) is 14.4 Å². The summed E-state index contributed by atoms with van der Waals surface area (Å²) in [4.78, 5) is 41.8. The quantitative estimate of drug-likeness (QED) is 0.493. The van der Waals surface area contributed by atoms with E-state index >= 15 is 0 Å². The number of H-pyrrole nitrogens is 2. The van der Waals surface area contributed by atoms with E-state index in [1.807, 2.05) is 36.4 Å². The molecule has 0 unspecified atom stereocenters. The molecule has 0 aliphatic heterocycles. The molecule has 1 saturated carbocycles. The zero-order chi connectivity index (χ0) is 21.6. The Morgan fingerprint density at radius 2 is 1.52 bits per heavy atom. The van der Waals surface area contributed by atoms with Crippen LogP contribution in [0, 0.1) is 0 Å². The number of hydrogen-bond acceptors (Lipinski definition) is 4. The molecule has 0 spiro atoms. The molecule has 1 amide bonds. The van der Waals surface area contributed by atoms with Crippen LogP contribution in [0.4, 0.5) is 5.69 Å². The van der Waals surface area contributed by atoms with Gasteiger partial charge in [0.15, 0.2) is 0 Å². The second-order valence-electron chi connectivity index (χ2n) is 7.93. The molecule has 0 radical (unpaired) electrons. The summed E-state index contributed by atoms with van der Waals surface area (Å²) >= 11 is 0. The zero-order valence-corrected chi connectivity index (χ0v) is 17.2. The molecule has 2 aromatic carbocycles. The summed E-state index contributed by atoms with van der Waals surface area (Å²) in [5, 5.41) is 6.00. The minimum absolute atomic E-state index is 0.0113. The monoisotopic (exact) mass is 418 g/mol. The largest absolute Gasteiger partial charge is 0.375 e. The molecule has 0 saturated heterocycles. The summed E-state index contributed by atoms with van der Waals surface area (Å²) in [6.07, 6.45) is 3.68. The van der Waals surface area contributed by atoms with E-state index in [0.717, 1.165) is 31.2 Å². The van der Waals surface area contributed by atoms with Crippen molar-refractivity contribution < 1.29 is 4.79 Å². The van der Waals surface area contributed by atoms with Gasteiger partial charge in [-0.2, -0.15) is 0 Å².